The van der Waals surface area contributed by atoms with Crippen molar-refractivity contribution >= 4 is 28.8 Å². The maximum atomic E-state index is 6.21. The highest BCUT2D eigenvalue weighted by molar-refractivity contribution is 6.35. The van der Waals surface area contributed by atoms with Crippen LogP contribution in [0.4, 0.5) is 0 Å². The van der Waals surface area contributed by atoms with Crippen molar-refractivity contribution in [2.24, 2.45) is 0 Å². The molecule has 0 aliphatic rings. The van der Waals surface area contributed by atoms with Gasteiger partial charge in [-0.2, -0.15) is 5.10 Å². The molecule has 4 aromatic rings. The second kappa shape index (κ2) is 6.98. The monoisotopic (exact) mass is 383 g/mol. The lowest BCUT2D eigenvalue weighted by Crippen LogP contribution is -1.98. The first-order valence-electron chi connectivity index (χ1n) is 8.09. The maximum absolute atomic E-state index is 6.21. The summed E-state index contributed by atoms with van der Waals surface area (Å²) in [6.07, 6.45) is 1.78. The highest BCUT2D eigenvalue weighted by atomic mass is 35.5. The zero-order valence-corrected chi connectivity index (χ0v) is 15.5. The minimum absolute atomic E-state index is 0.367. The third-order valence-corrected chi connectivity index (χ3v) is 4.61. The Morgan fingerprint density at radius 2 is 1.92 bits per heavy atom. The van der Waals surface area contributed by atoms with Gasteiger partial charge < -0.3 is 4.74 Å². The molecule has 26 heavy (non-hydrogen) atoms. The molecule has 2 heterocycles. The van der Waals surface area contributed by atoms with E-state index in [4.69, 9.17) is 27.9 Å². The van der Waals surface area contributed by atoms with Crippen molar-refractivity contribution in [1.82, 2.24) is 14.6 Å². The number of rotatable bonds is 4. The van der Waals surface area contributed by atoms with Gasteiger partial charge in [-0.15, -0.1) is 0 Å². The SMILES string of the molecule is Cc1cc2nccc(-c3cccc(OCc4ccc(Cl)cc4Cl)c3)n2n1. The second-order valence-electron chi connectivity index (χ2n) is 5.94. The van der Waals surface area contributed by atoms with Crippen LogP contribution in [-0.4, -0.2) is 14.6 Å². The molecule has 0 radical (unpaired) electrons. The van der Waals surface area contributed by atoms with E-state index in [1.165, 1.54) is 0 Å². The molecule has 0 aliphatic heterocycles. The summed E-state index contributed by atoms with van der Waals surface area (Å²) in [5.41, 5.74) is 4.59. The molecular weight excluding hydrogens is 369 g/mol. The molecule has 0 N–H and O–H groups in total. The number of nitrogens with zero attached hydrogens (tertiary/aromatic N) is 3. The van der Waals surface area contributed by atoms with E-state index in [0.717, 1.165) is 33.9 Å². The summed E-state index contributed by atoms with van der Waals surface area (Å²) in [6, 6.07) is 17.1. The van der Waals surface area contributed by atoms with Gasteiger partial charge in [-0.1, -0.05) is 41.4 Å². The zero-order valence-electron chi connectivity index (χ0n) is 14.0. The van der Waals surface area contributed by atoms with Crippen LogP contribution in [0.2, 0.25) is 10.0 Å². The first-order chi connectivity index (χ1) is 12.6. The Bertz CT molecular complexity index is 1090. The molecule has 0 aliphatic carbocycles. The lowest BCUT2D eigenvalue weighted by atomic mass is 10.1. The van der Waals surface area contributed by atoms with Gasteiger partial charge in [-0.25, -0.2) is 9.50 Å². The van der Waals surface area contributed by atoms with Gasteiger partial charge in [-0.05, 0) is 37.3 Å². The van der Waals surface area contributed by atoms with Crippen LogP contribution in [-0.2, 0) is 6.61 Å². The highest BCUT2D eigenvalue weighted by Gasteiger charge is 2.08. The van der Waals surface area contributed by atoms with E-state index in [0.29, 0.717) is 16.7 Å². The van der Waals surface area contributed by atoms with E-state index in [1.807, 2.05) is 53.9 Å². The number of hydrogen-bond donors (Lipinski definition) is 0. The Morgan fingerprint density at radius 3 is 2.77 bits per heavy atom. The van der Waals surface area contributed by atoms with E-state index in [2.05, 4.69) is 10.1 Å². The summed E-state index contributed by atoms with van der Waals surface area (Å²) < 4.78 is 7.76. The van der Waals surface area contributed by atoms with Gasteiger partial charge in [0.2, 0.25) is 0 Å². The van der Waals surface area contributed by atoms with Crippen molar-refractivity contribution in [3.63, 3.8) is 0 Å². The van der Waals surface area contributed by atoms with Crippen molar-refractivity contribution < 1.29 is 4.74 Å². The van der Waals surface area contributed by atoms with Crippen molar-refractivity contribution in [1.29, 1.82) is 0 Å². The molecule has 130 valence electrons. The number of hydrogen-bond acceptors (Lipinski definition) is 3. The Labute approximate surface area is 161 Å². The van der Waals surface area contributed by atoms with Crippen LogP contribution in [0.3, 0.4) is 0 Å². The first kappa shape index (κ1) is 16.9. The van der Waals surface area contributed by atoms with Crippen molar-refractivity contribution in [2.45, 2.75) is 13.5 Å². The number of fused-ring (bicyclic) bond motifs is 1. The maximum Gasteiger partial charge on any atom is 0.155 e. The van der Waals surface area contributed by atoms with E-state index in [-0.39, 0.29) is 0 Å². The summed E-state index contributed by atoms with van der Waals surface area (Å²) in [5.74, 6) is 0.752. The van der Waals surface area contributed by atoms with Gasteiger partial charge in [0.1, 0.15) is 12.4 Å². The van der Waals surface area contributed by atoms with E-state index >= 15 is 0 Å². The van der Waals surface area contributed by atoms with Gasteiger partial charge in [0.15, 0.2) is 5.65 Å². The van der Waals surface area contributed by atoms with Crippen molar-refractivity contribution in [2.75, 3.05) is 0 Å². The molecule has 0 saturated heterocycles. The van der Waals surface area contributed by atoms with E-state index in [9.17, 15) is 0 Å². The van der Waals surface area contributed by atoms with Crippen LogP contribution >= 0.6 is 23.2 Å². The van der Waals surface area contributed by atoms with E-state index in [1.54, 1.807) is 18.3 Å². The third-order valence-electron chi connectivity index (χ3n) is 4.02. The largest absolute Gasteiger partial charge is 0.489 e. The molecule has 6 heteroatoms. The molecule has 0 saturated carbocycles. The molecule has 4 rings (SSSR count). The number of aromatic nitrogens is 3. The smallest absolute Gasteiger partial charge is 0.155 e. The van der Waals surface area contributed by atoms with Crippen LogP contribution in [0.25, 0.3) is 16.9 Å². The highest BCUT2D eigenvalue weighted by Crippen LogP contribution is 2.26. The molecule has 0 amide bonds. The third kappa shape index (κ3) is 3.39. The quantitative estimate of drug-likeness (QED) is 0.460. The van der Waals surface area contributed by atoms with Crippen LogP contribution in [0.1, 0.15) is 11.3 Å². The first-order valence-corrected chi connectivity index (χ1v) is 8.84. The van der Waals surface area contributed by atoms with Gasteiger partial charge in [-0.3, -0.25) is 0 Å². The lowest BCUT2D eigenvalue weighted by molar-refractivity contribution is 0.306. The fraction of sp³-hybridized carbons (Fsp3) is 0.100. The fourth-order valence-electron chi connectivity index (χ4n) is 2.77. The van der Waals surface area contributed by atoms with Gasteiger partial charge in [0, 0.05) is 33.4 Å². The van der Waals surface area contributed by atoms with Gasteiger partial charge >= 0.3 is 0 Å². The average Bonchev–Trinajstić information content (AvgIpc) is 3.01. The summed E-state index contributed by atoms with van der Waals surface area (Å²) in [4.78, 5) is 4.35. The predicted octanol–water partition coefficient (Wildman–Crippen LogP) is 5.59. The summed E-state index contributed by atoms with van der Waals surface area (Å²) in [5, 5.41) is 5.72. The van der Waals surface area contributed by atoms with Gasteiger partial charge in [0.25, 0.3) is 0 Å². The minimum atomic E-state index is 0.367. The van der Waals surface area contributed by atoms with Crippen LogP contribution < -0.4 is 4.74 Å². The van der Waals surface area contributed by atoms with Crippen LogP contribution in [0, 0.1) is 6.92 Å². The number of aryl methyl sites for hydroxylation is 1. The molecular formula is C20H15Cl2N3O. The Hall–Kier alpha value is -2.56. The summed E-state index contributed by atoms with van der Waals surface area (Å²) in [7, 11) is 0. The Morgan fingerprint density at radius 1 is 1.04 bits per heavy atom. The minimum Gasteiger partial charge on any atom is -0.489 e. The molecule has 2 aromatic heterocycles. The summed E-state index contributed by atoms with van der Waals surface area (Å²) >= 11 is 12.1. The number of benzene rings is 2. The second-order valence-corrected chi connectivity index (χ2v) is 6.78. The Balaban J connectivity index is 1.62. The van der Waals surface area contributed by atoms with Crippen LogP contribution in [0.15, 0.2) is 60.8 Å². The predicted molar refractivity (Wildman–Crippen MR) is 104 cm³/mol. The Kier molecular flexibility index (Phi) is 4.53. The fourth-order valence-corrected chi connectivity index (χ4v) is 3.24. The summed E-state index contributed by atoms with van der Waals surface area (Å²) in [6.45, 7) is 2.32. The molecule has 0 unspecified atom stereocenters. The molecule has 0 spiro atoms. The molecule has 0 fully saturated rings. The van der Waals surface area contributed by atoms with Crippen molar-refractivity contribution in [3.8, 4) is 17.0 Å². The topological polar surface area (TPSA) is 39.4 Å². The number of ether oxygens (including phenoxy) is 1. The molecule has 4 nitrogen and oxygen atoms in total. The lowest BCUT2D eigenvalue weighted by Gasteiger charge is -2.10. The standard InChI is InChI=1S/C20H15Cl2N3O/c1-13-9-20-23-8-7-19(25(20)24-13)14-3-2-4-17(10-14)26-12-15-5-6-16(21)11-18(15)22/h2-11H,12H2,1H3. The van der Waals surface area contributed by atoms with Gasteiger partial charge in [0.05, 0.1) is 11.4 Å². The van der Waals surface area contributed by atoms with E-state index < -0.39 is 0 Å². The molecule has 0 atom stereocenters. The van der Waals surface area contributed by atoms with Crippen LogP contribution in [0.5, 0.6) is 5.75 Å². The van der Waals surface area contributed by atoms with Crippen molar-refractivity contribution in [3.05, 3.63) is 82.1 Å². The molecule has 2 aromatic carbocycles. The zero-order chi connectivity index (χ0) is 18.1. The number of halogens is 2. The average molecular weight is 384 g/mol. The normalized spacial score (nSPS) is 11.0. The molecule has 0 bridgehead atoms.